The van der Waals surface area contributed by atoms with E-state index in [0.717, 1.165) is 18.5 Å². The van der Waals surface area contributed by atoms with Gasteiger partial charge >= 0.3 is 0 Å². The Morgan fingerprint density at radius 1 is 1.29 bits per heavy atom. The number of rotatable bonds is 3. The van der Waals surface area contributed by atoms with Crippen molar-refractivity contribution in [3.05, 3.63) is 35.4 Å². The third kappa shape index (κ3) is 3.47. The molecule has 0 spiro atoms. The van der Waals surface area contributed by atoms with Crippen molar-refractivity contribution in [2.45, 2.75) is 38.3 Å². The zero-order chi connectivity index (χ0) is 14.8. The predicted octanol–water partition coefficient (Wildman–Crippen LogP) is 2.41. The van der Waals surface area contributed by atoms with Crippen molar-refractivity contribution in [3.63, 3.8) is 0 Å². The molecule has 2 N–H and O–H groups in total. The lowest BCUT2D eigenvalue weighted by atomic mass is 9.84. The van der Waals surface area contributed by atoms with Crippen molar-refractivity contribution in [2.24, 2.45) is 11.7 Å². The van der Waals surface area contributed by atoms with Crippen LogP contribution < -0.4 is 5.73 Å². The van der Waals surface area contributed by atoms with Gasteiger partial charge in [0.15, 0.2) is 0 Å². The molecule has 3 atom stereocenters. The fourth-order valence-electron chi connectivity index (χ4n) is 4.18. The van der Waals surface area contributed by atoms with Crippen molar-refractivity contribution in [1.82, 2.24) is 9.80 Å². The summed E-state index contributed by atoms with van der Waals surface area (Å²) in [6.45, 7) is 6.85. The Kier molecular flexibility index (Phi) is 4.63. The lowest BCUT2D eigenvalue weighted by Gasteiger charge is -2.46. The van der Waals surface area contributed by atoms with E-state index in [9.17, 15) is 0 Å². The van der Waals surface area contributed by atoms with E-state index >= 15 is 0 Å². The highest BCUT2D eigenvalue weighted by atomic mass is 15.2. The highest BCUT2D eigenvalue weighted by molar-refractivity contribution is 5.25. The second-order valence-corrected chi connectivity index (χ2v) is 7.02. The largest absolute Gasteiger partial charge is 0.323 e. The normalized spacial score (nSPS) is 29.1. The van der Waals surface area contributed by atoms with Gasteiger partial charge in [0.05, 0.1) is 0 Å². The van der Waals surface area contributed by atoms with Crippen LogP contribution in [0.2, 0.25) is 0 Å². The number of nitrogens with two attached hydrogens (primary N) is 1. The number of fused-ring (bicyclic) bond motifs is 1. The maximum atomic E-state index is 6.44. The third-order valence-corrected chi connectivity index (χ3v) is 5.36. The molecule has 0 bridgehead atoms. The fraction of sp³-hybridized carbons (Fsp3) is 0.667. The molecular weight excluding hydrogens is 258 g/mol. The number of hydrogen-bond donors (Lipinski definition) is 1. The van der Waals surface area contributed by atoms with Crippen molar-refractivity contribution in [2.75, 3.05) is 33.2 Å². The minimum atomic E-state index is 0.141. The smallest absolute Gasteiger partial charge is 0.0424 e. The van der Waals surface area contributed by atoms with E-state index in [1.54, 1.807) is 0 Å². The first-order valence-electron chi connectivity index (χ1n) is 8.38. The Bertz CT molecular complexity index is 473. The lowest BCUT2D eigenvalue weighted by molar-refractivity contribution is 0.0364. The van der Waals surface area contributed by atoms with Crippen molar-refractivity contribution < 1.29 is 0 Å². The van der Waals surface area contributed by atoms with Crippen LogP contribution in [0, 0.1) is 12.8 Å². The van der Waals surface area contributed by atoms with Crippen LogP contribution in [-0.2, 0) is 0 Å². The van der Waals surface area contributed by atoms with Crippen LogP contribution in [0.1, 0.15) is 36.4 Å². The SMILES string of the molecule is Cc1cccc(C(N)CN2CCC3C(CCCN3C)C2)c1. The average molecular weight is 287 g/mol. The second-order valence-electron chi connectivity index (χ2n) is 7.02. The average Bonchev–Trinajstić information content (AvgIpc) is 2.47. The van der Waals surface area contributed by atoms with Gasteiger partial charge in [-0.2, -0.15) is 0 Å². The van der Waals surface area contributed by atoms with Crippen LogP contribution in [0.4, 0.5) is 0 Å². The van der Waals surface area contributed by atoms with Gasteiger partial charge in [0.1, 0.15) is 0 Å². The molecule has 2 saturated heterocycles. The van der Waals surface area contributed by atoms with E-state index in [0.29, 0.717) is 0 Å². The molecule has 3 nitrogen and oxygen atoms in total. The second kappa shape index (κ2) is 6.47. The molecule has 0 aliphatic carbocycles. The van der Waals surface area contributed by atoms with Crippen molar-refractivity contribution >= 4 is 0 Å². The molecule has 21 heavy (non-hydrogen) atoms. The molecule has 1 aromatic carbocycles. The van der Waals surface area contributed by atoms with Gasteiger partial charge in [-0.1, -0.05) is 29.8 Å². The molecule has 2 fully saturated rings. The Morgan fingerprint density at radius 2 is 2.14 bits per heavy atom. The van der Waals surface area contributed by atoms with Gasteiger partial charge in [-0.15, -0.1) is 0 Å². The summed E-state index contributed by atoms with van der Waals surface area (Å²) in [5.74, 6) is 0.849. The fourth-order valence-corrected chi connectivity index (χ4v) is 4.18. The topological polar surface area (TPSA) is 32.5 Å². The minimum Gasteiger partial charge on any atom is -0.323 e. The summed E-state index contributed by atoms with van der Waals surface area (Å²) < 4.78 is 0. The zero-order valence-electron chi connectivity index (χ0n) is 13.5. The van der Waals surface area contributed by atoms with Crippen LogP contribution in [-0.4, -0.2) is 49.1 Å². The molecule has 0 amide bonds. The molecule has 2 heterocycles. The van der Waals surface area contributed by atoms with Gasteiger partial charge < -0.3 is 15.5 Å². The van der Waals surface area contributed by atoms with E-state index in [-0.39, 0.29) is 6.04 Å². The molecule has 1 aromatic rings. The highest BCUT2D eigenvalue weighted by Gasteiger charge is 2.34. The monoisotopic (exact) mass is 287 g/mol. The molecule has 3 rings (SSSR count). The molecule has 3 heteroatoms. The van der Waals surface area contributed by atoms with E-state index in [1.165, 1.54) is 50.0 Å². The van der Waals surface area contributed by atoms with Gasteiger partial charge in [-0.25, -0.2) is 0 Å². The first-order chi connectivity index (χ1) is 10.1. The Labute approximate surface area is 129 Å². The van der Waals surface area contributed by atoms with Gasteiger partial charge in [-0.3, -0.25) is 0 Å². The van der Waals surface area contributed by atoms with E-state index in [4.69, 9.17) is 5.73 Å². The molecule has 3 unspecified atom stereocenters. The number of hydrogen-bond acceptors (Lipinski definition) is 3. The summed E-state index contributed by atoms with van der Waals surface area (Å²) in [6.07, 6.45) is 4.06. The van der Waals surface area contributed by atoms with E-state index in [1.807, 2.05) is 0 Å². The summed E-state index contributed by atoms with van der Waals surface area (Å²) in [4.78, 5) is 5.17. The summed E-state index contributed by atoms with van der Waals surface area (Å²) in [6, 6.07) is 9.60. The van der Waals surface area contributed by atoms with Crippen LogP contribution in [0.3, 0.4) is 0 Å². The molecular formula is C18H29N3. The number of likely N-dealkylation sites (tertiary alicyclic amines) is 2. The molecule has 0 radical (unpaired) electrons. The maximum Gasteiger partial charge on any atom is 0.0424 e. The van der Waals surface area contributed by atoms with E-state index < -0.39 is 0 Å². The third-order valence-electron chi connectivity index (χ3n) is 5.36. The van der Waals surface area contributed by atoms with Gasteiger partial charge in [0, 0.05) is 25.2 Å². The summed E-state index contributed by atoms with van der Waals surface area (Å²) in [5.41, 5.74) is 9.02. The molecule has 0 saturated carbocycles. The van der Waals surface area contributed by atoms with Gasteiger partial charge in [0.2, 0.25) is 0 Å². The van der Waals surface area contributed by atoms with Crippen LogP contribution in [0.25, 0.3) is 0 Å². The van der Waals surface area contributed by atoms with Gasteiger partial charge in [0.25, 0.3) is 0 Å². The van der Waals surface area contributed by atoms with Crippen molar-refractivity contribution in [1.29, 1.82) is 0 Å². The summed E-state index contributed by atoms with van der Waals surface area (Å²) >= 11 is 0. The number of benzene rings is 1. The standard InChI is InChI=1S/C18H29N3/c1-14-5-3-6-15(11-14)17(19)13-21-10-8-18-16(12-21)7-4-9-20(18)2/h3,5-6,11,16-18H,4,7-10,12-13,19H2,1-2H3. The molecule has 2 aliphatic rings. The number of aryl methyl sites for hydroxylation is 1. The van der Waals surface area contributed by atoms with Crippen molar-refractivity contribution in [3.8, 4) is 0 Å². The zero-order valence-corrected chi connectivity index (χ0v) is 13.5. The highest BCUT2D eigenvalue weighted by Crippen LogP contribution is 2.30. The number of piperidine rings is 2. The van der Waals surface area contributed by atoms with Crippen LogP contribution in [0.5, 0.6) is 0 Å². The maximum absolute atomic E-state index is 6.44. The Balaban J connectivity index is 1.59. The van der Waals surface area contributed by atoms with E-state index in [2.05, 4.69) is 48.0 Å². The first kappa shape index (κ1) is 15.0. The summed E-state index contributed by atoms with van der Waals surface area (Å²) in [5, 5.41) is 0. The van der Waals surface area contributed by atoms with Gasteiger partial charge in [-0.05, 0) is 57.8 Å². The molecule has 0 aromatic heterocycles. The Morgan fingerprint density at radius 3 is 2.95 bits per heavy atom. The Hall–Kier alpha value is -0.900. The van der Waals surface area contributed by atoms with Crippen LogP contribution in [0.15, 0.2) is 24.3 Å². The molecule has 2 aliphatic heterocycles. The quantitative estimate of drug-likeness (QED) is 0.926. The molecule has 116 valence electrons. The lowest BCUT2D eigenvalue weighted by Crippen LogP contribution is -2.53. The number of nitrogens with zero attached hydrogens (tertiary/aromatic N) is 2. The minimum absolute atomic E-state index is 0.141. The van der Waals surface area contributed by atoms with Crippen LogP contribution >= 0.6 is 0 Å². The first-order valence-corrected chi connectivity index (χ1v) is 8.38. The predicted molar refractivity (Wildman–Crippen MR) is 88.3 cm³/mol. The summed E-state index contributed by atoms with van der Waals surface area (Å²) in [7, 11) is 2.30.